The number of ether oxygens (including phenoxy) is 2. The minimum atomic E-state index is -0.943. The smallest absolute Gasteiger partial charge is 0.336 e. The SMILES string of the molecule is CCCOC(=O)C1=C(C)NC2=C(C(=O)C(C(=O)OC)C(C)C2)C1c1cccc(O)c1. The minimum Gasteiger partial charge on any atom is -0.508 e. The van der Waals surface area contributed by atoms with Crippen molar-refractivity contribution in [3.05, 3.63) is 52.4 Å². The minimum absolute atomic E-state index is 0.0215. The number of phenolic OH excluding ortho intramolecular Hbond substituents is 1. The number of hydrogen-bond donors (Lipinski definition) is 2. The van der Waals surface area contributed by atoms with Crippen molar-refractivity contribution in [3.8, 4) is 5.75 Å². The van der Waals surface area contributed by atoms with Gasteiger partial charge in [0.1, 0.15) is 11.7 Å². The van der Waals surface area contributed by atoms with E-state index < -0.39 is 23.8 Å². The van der Waals surface area contributed by atoms with Crippen molar-refractivity contribution >= 4 is 17.7 Å². The van der Waals surface area contributed by atoms with Crippen LogP contribution in [0.15, 0.2) is 46.8 Å². The second-order valence-corrected chi connectivity index (χ2v) is 7.77. The van der Waals surface area contributed by atoms with Crippen LogP contribution in [0.1, 0.15) is 45.1 Å². The van der Waals surface area contributed by atoms with Gasteiger partial charge in [-0.3, -0.25) is 9.59 Å². The fraction of sp³-hybridized carbons (Fsp3) is 0.435. The van der Waals surface area contributed by atoms with Gasteiger partial charge in [0.05, 0.1) is 19.3 Å². The first kappa shape index (κ1) is 21.6. The Morgan fingerprint density at radius 1 is 1.30 bits per heavy atom. The maximum atomic E-state index is 13.5. The molecule has 2 aliphatic rings. The van der Waals surface area contributed by atoms with E-state index in [2.05, 4.69) is 5.32 Å². The third kappa shape index (κ3) is 3.84. The maximum Gasteiger partial charge on any atom is 0.336 e. The number of allylic oxidation sites excluding steroid dienone is 3. The number of nitrogens with one attached hydrogen (secondary N) is 1. The van der Waals surface area contributed by atoms with Crippen molar-refractivity contribution in [1.82, 2.24) is 5.32 Å². The number of Topliss-reactive ketones (excluding diaryl/α,β-unsaturated/α-hetero) is 1. The standard InChI is InChI=1S/C23H27NO6/c1-5-9-30-23(28)18-13(3)24-16-10-12(2)17(22(27)29-4)21(26)20(16)19(18)14-7-6-8-15(25)11-14/h6-8,11-12,17,19,24-25H,5,9-10H2,1-4H3. The van der Waals surface area contributed by atoms with Gasteiger partial charge in [-0.05, 0) is 43.4 Å². The van der Waals surface area contributed by atoms with Crippen LogP contribution in [0.3, 0.4) is 0 Å². The van der Waals surface area contributed by atoms with Gasteiger partial charge in [-0.2, -0.15) is 0 Å². The van der Waals surface area contributed by atoms with Gasteiger partial charge >= 0.3 is 11.9 Å². The van der Waals surface area contributed by atoms with E-state index in [1.165, 1.54) is 19.2 Å². The summed E-state index contributed by atoms with van der Waals surface area (Å²) in [4.78, 5) is 38.8. The van der Waals surface area contributed by atoms with Crippen molar-refractivity contribution < 1.29 is 29.0 Å². The molecule has 7 heteroatoms. The van der Waals surface area contributed by atoms with Gasteiger partial charge in [-0.1, -0.05) is 26.0 Å². The van der Waals surface area contributed by atoms with Gasteiger partial charge in [0.2, 0.25) is 0 Å². The molecule has 160 valence electrons. The van der Waals surface area contributed by atoms with Crippen LogP contribution in [-0.4, -0.2) is 36.5 Å². The highest BCUT2D eigenvalue weighted by atomic mass is 16.5. The molecule has 0 saturated heterocycles. The quantitative estimate of drug-likeness (QED) is 0.565. The fourth-order valence-corrected chi connectivity index (χ4v) is 4.26. The Kier molecular flexibility index (Phi) is 6.29. The van der Waals surface area contributed by atoms with Crippen LogP contribution in [0.4, 0.5) is 0 Å². The van der Waals surface area contributed by atoms with E-state index in [-0.39, 0.29) is 24.1 Å². The molecule has 1 heterocycles. The summed E-state index contributed by atoms with van der Waals surface area (Å²) in [6, 6.07) is 6.46. The lowest BCUT2D eigenvalue weighted by Crippen LogP contribution is -2.43. The second-order valence-electron chi connectivity index (χ2n) is 7.77. The maximum absolute atomic E-state index is 13.5. The Labute approximate surface area is 175 Å². The number of esters is 2. The normalized spacial score (nSPS) is 23.6. The number of rotatable bonds is 5. The molecule has 0 saturated carbocycles. The van der Waals surface area contributed by atoms with Gasteiger partial charge in [0.25, 0.3) is 0 Å². The van der Waals surface area contributed by atoms with Crippen LogP contribution in [0.5, 0.6) is 5.75 Å². The van der Waals surface area contributed by atoms with Crippen LogP contribution >= 0.6 is 0 Å². The molecular weight excluding hydrogens is 386 g/mol. The Bertz CT molecular complexity index is 945. The summed E-state index contributed by atoms with van der Waals surface area (Å²) in [5.41, 5.74) is 2.52. The molecule has 0 aromatic heterocycles. The molecule has 1 aromatic rings. The number of ketones is 1. The van der Waals surface area contributed by atoms with E-state index in [0.717, 1.165) is 0 Å². The molecular formula is C23H27NO6. The molecule has 0 radical (unpaired) electrons. The molecule has 0 spiro atoms. The van der Waals surface area contributed by atoms with E-state index in [0.29, 0.717) is 40.9 Å². The van der Waals surface area contributed by atoms with Crippen LogP contribution in [0, 0.1) is 11.8 Å². The zero-order valence-corrected chi connectivity index (χ0v) is 17.7. The third-order valence-electron chi connectivity index (χ3n) is 5.60. The molecule has 0 bridgehead atoms. The highest BCUT2D eigenvalue weighted by Crippen LogP contribution is 2.45. The molecule has 3 atom stereocenters. The summed E-state index contributed by atoms with van der Waals surface area (Å²) in [5.74, 6) is -3.40. The van der Waals surface area contributed by atoms with E-state index in [9.17, 15) is 19.5 Å². The molecule has 1 aromatic carbocycles. The number of phenols is 1. The summed E-state index contributed by atoms with van der Waals surface area (Å²) in [6.07, 6.45) is 1.13. The zero-order chi connectivity index (χ0) is 22.0. The molecule has 2 N–H and O–H groups in total. The van der Waals surface area contributed by atoms with Gasteiger partial charge in [0, 0.05) is 22.9 Å². The summed E-state index contributed by atoms with van der Waals surface area (Å²) in [5, 5.41) is 13.2. The van der Waals surface area contributed by atoms with Gasteiger partial charge in [-0.25, -0.2) is 4.79 Å². The largest absolute Gasteiger partial charge is 0.508 e. The Balaban J connectivity index is 2.16. The predicted octanol–water partition coefficient (Wildman–Crippen LogP) is 2.96. The predicted molar refractivity (Wildman–Crippen MR) is 109 cm³/mol. The average molecular weight is 413 g/mol. The van der Waals surface area contributed by atoms with E-state index in [1.54, 1.807) is 19.1 Å². The van der Waals surface area contributed by atoms with E-state index in [4.69, 9.17) is 9.47 Å². The van der Waals surface area contributed by atoms with Crippen LogP contribution in [0.25, 0.3) is 0 Å². The van der Waals surface area contributed by atoms with Crippen LogP contribution in [-0.2, 0) is 23.9 Å². The molecule has 30 heavy (non-hydrogen) atoms. The Hall–Kier alpha value is -3.09. The lowest BCUT2D eigenvalue weighted by atomic mass is 9.69. The molecule has 3 rings (SSSR count). The molecule has 3 unspecified atom stereocenters. The molecule has 0 amide bonds. The molecule has 1 aliphatic heterocycles. The number of aromatic hydroxyl groups is 1. The average Bonchev–Trinajstić information content (AvgIpc) is 2.70. The monoisotopic (exact) mass is 413 g/mol. The summed E-state index contributed by atoms with van der Waals surface area (Å²) in [6.45, 7) is 5.75. The molecule has 7 nitrogen and oxygen atoms in total. The fourth-order valence-electron chi connectivity index (χ4n) is 4.26. The summed E-state index contributed by atoms with van der Waals surface area (Å²) in [7, 11) is 1.26. The first-order valence-corrected chi connectivity index (χ1v) is 10.1. The van der Waals surface area contributed by atoms with Crippen LogP contribution < -0.4 is 5.32 Å². The van der Waals surface area contributed by atoms with Gasteiger partial charge in [-0.15, -0.1) is 0 Å². The molecule has 0 fully saturated rings. The van der Waals surface area contributed by atoms with Crippen molar-refractivity contribution in [2.24, 2.45) is 11.8 Å². The van der Waals surface area contributed by atoms with Crippen molar-refractivity contribution in [1.29, 1.82) is 0 Å². The zero-order valence-electron chi connectivity index (χ0n) is 17.7. The lowest BCUT2D eigenvalue weighted by molar-refractivity contribution is -0.151. The van der Waals surface area contributed by atoms with Gasteiger partial charge < -0.3 is 19.9 Å². The Morgan fingerprint density at radius 3 is 2.67 bits per heavy atom. The number of carbonyl (C=O) groups excluding carboxylic acids is 3. The Morgan fingerprint density at radius 2 is 2.03 bits per heavy atom. The number of methoxy groups -OCH3 is 1. The highest BCUT2D eigenvalue weighted by Gasteiger charge is 2.47. The topological polar surface area (TPSA) is 102 Å². The summed E-state index contributed by atoms with van der Waals surface area (Å²) >= 11 is 0. The third-order valence-corrected chi connectivity index (χ3v) is 5.60. The first-order valence-electron chi connectivity index (χ1n) is 10.1. The lowest BCUT2D eigenvalue weighted by Gasteiger charge is -2.38. The van der Waals surface area contributed by atoms with E-state index >= 15 is 0 Å². The summed E-state index contributed by atoms with van der Waals surface area (Å²) < 4.78 is 10.3. The van der Waals surface area contributed by atoms with Gasteiger partial charge in [0.15, 0.2) is 5.78 Å². The number of benzene rings is 1. The first-order chi connectivity index (χ1) is 14.3. The van der Waals surface area contributed by atoms with E-state index in [1.807, 2.05) is 13.8 Å². The van der Waals surface area contributed by atoms with Crippen molar-refractivity contribution in [2.75, 3.05) is 13.7 Å². The van der Waals surface area contributed by atoms with Crippen molar-refractivity contribution in [2.45, 2.75) is 39.5 Å². The van der Waals surface area contributed by atoms with Crippen molar-refractivity contribution in [3.63, 3.8) is 0 Å². The van der Waals surface area contributed by atoms with Crippen LogP contribution in [0.2, 0.25) is 0 Å². The second kappa shape index (κ2) is 8.73. The number of carbonyl (C=O) groups is 3. The number of dihydropyridines is 1. The highest BCUT2D eigenvalue weighted by molar-refractivity contribution is 6.12. The molecule has 1 aliphatic carbocycles. The number of hydrogen-bond acceptors (Lipinski definition) is 7.